The van der Waals surface area contributed by atoms with Gasteiger partial charge in [-0.1, -0.05) is 18.7 Å². The van der Waals surface area contributed by atoms with Gasteiger partial charge in [-0.3, -0.25) is 4.79 Å². The van der Waals surface area contributed by atoms with Crippen molar-refractivity contribution in [3.63, 3.8) is 0 Å². The molecule has 0 N–H and O–H groups in total. The molecular formula is C19H32N4O2S. The average Bonchev–Trinajstić information content (AvgIpc) is 3.25. The normalized spacial score (nSPS) is 26.4. The molecular weight excluding hydrogens is 348 g/mol. The van der Waals surface area contributed by atoms with E-state index in [4.69, 9.17) is 4.74 Å². The number of piperidine rings is 1. The minimum atomic E-state index is 0.221. The summed E-state index contributed by atoms with van der Waals surface area (Å²) in [6, 6.07) is 0.680. The summed E-state index contributed by atoms with van der Waals surface area (Å²) in [5, 5.41) is 9.62. The lowest BCUT2D eigenvalue weighted by atomic mass is 9.98. The minimum absolute atomic E-state index is 0.221. The van der Waals surface area contributed by atoms with Gasteiger partial charge in [0.15, 0.2) is 5.16 Å². The van der Waals surface area contributed by atoms with Crippen LogP contribution in [0.2, 0.25) is 0 Å². The maximum atomic E-state index is 12.8. The summed E-state index contributed by atoms with van der Waals surface area (Å²) in [7, 11) is 0. The van der Waals surface area contributed by atoms with E-state index in [1.54, 1.807) is 0 Å². The molecule has 3 heterocycles. The van der Waals surface area contributed by atoms with E-state index in [1.165, 1.54) is 18.2 Å². The number of aryl methyl sites for hydroxylation is 1. The van der Waals surface area contributed by atoms with Crippen LogP contribution in [-0.4, -0.2) is 56.1 Å². The van der Waals surface area contributed by atoms with Crippen LogP contribution in [0.1, 0.15) is 65.1 Å². The Kier molecular flexibility index (Phi) is 6.98. The molecule has 3 atom stereocenters. The van der Waals surface area contributed by atoms with Crippen LogP contribution < -0.4 is 0 Å². The summed E-state index contributed by atoms with van der Waals surface area (Å²) in [5.74, 6) is 1.67. The van der Waals surface area contributed by atoms with Crippen molar-refractivity contribution in [1.29, 1.82) is 0 Å². The first kappa shape index (κ1) is 19.7. The smallest absolute Gasteiger partial charge is 0.233 e. The molecule has 0 bridgehead atoms. The Labute approximate surface area is 161 Å². The monoisotopic (exact) mass is 380 g/mol. The molecule has 2 saturated heterocycles. The van der Waals surface area contributed by atoms with Crippen molar-refractivity contribution in [2.24, 2.45) is 0 Å². The first-order chi connectivity index (χ1) is 12.6. The van der Waals surface area contributed by atoms with Crippen LogP contribution in [0.3, 0.4) is 0 Å². The van der Waals surface area contributed by atoms with Crippen LogP contribution in [0.5, 0.6) is 0 Å². The molecule has 0 aliphatic carbocycles. The number of likely N-dealkylation sites (tertiary alicyclic amines) is 1. The number of aromatic nitrogens is 3. The summed E-state index contributed by atoms with van der Waals surface area (Å²) in [6.07, 6.45) is 7.85. The molecule has 1 aromatic heterocycles. The molecule has 6 nitrogen and oxygen atoms in total. The fourth-order valence-corrected chi connectivity index (χ4v) is 4.96. The SMILES string of the molecule is CCCc1nnc(SCC(=O)N2[C@H](C)CCC[C@H]2C)n1C[C@H]1CCCO1. The first-order valence-electron chi connectivity index (χ1n) is 10.1. The molecule has 0 aromatic carbocycles. The third-order valence-electron chi connectivity index (χ3n) is 5.48. The Morgan fingerprint density at radius 3 is 2.62 bits per heavy atom. The van der Waals surface area contributed by atoms with Gasteiger partial charge in [0.1, 0.15) is 5.82 Å². The van der Waals surface area contributed by atoms with E-state index in [0.717, 1.165) is 62.7 Å². The number of carbonyl (C=O) groups is 1. The maximum Gasteiger partial charge on any atom is 0.233 e. The van der Waals surface area contributed by atoms with Crippen LogP contribution >= 0.6 is 11.8 Å². The largest absolute Gasteiger partial charge is 0.376 e. The molecule has 146 valence electrons. The van der Waals surface area contributed by atoms with E-state index in [1.807, 2.05) is 0 Å². The molecule has 1 aromatic rings. The maximum absolute atomic E-state index is 12.8. The van der Waals surface area contributed by atoms with E-state index >= 15 is 0 Å². The molecule has 2 aliphatic rings. The average molecular weight is 381 g/mol. The van der Waals surface area contributed by atoms with Gasteiger partial charge in [0.2, 0.25) is 5.91 Å². The number of amides is 1. The van der Waals surface area contributed by atoms with Crippen molar-refractivity contribution >= 4 is 17.7 Å². The molecule has 0 spiro atoms. The van der Waals surface area contributed by atoms with E-state index in [-0.39, 0.29) is 12.0 Å². The predicted octanol–water partition coefficient (Wildman–Crippen LogP) is 3.29. The summed E-state index contributed by atoms with van der Waals surface area (Å²) >= 11 is 1.53. The van der Waals surface area contributed by atoms with Gasteiger partial charge in [-0.2, -0.15) is 0 Å². The molecule has 26 heavy (non-hydrogen) atoms. The van der Waals surface area contributed by atoms with Gasteiger partial charge in [0.05, 0.1) is 18.4 Å². The molecule has 7 heteroatoms. The zero-order valence-corrected chi connectivity index (χ0v) is 17.1. The fourth-order valence-electron chi connectivity index (χ4n) is 4.12. The van der Waals surface area contributed by atoms with E-state index in [9.17, 15) is 4.79 Å². The number of rotatable bonds is 7. The molecule has 0 radical (unpaired) electrons. The molecule has 0 unspecified atom stereocenters. The number of thioether (sulfide) groups is 1. The second-order valence-electron chi connectivity index (χ2n) is 7.61. The van der Waals surface area contributed by atoms with Crippen LogP contribution in [0.25, 0.3) is 0 Å². The Morgan fingerprint density at radius 1 is 1.19 bits per heavy atom. The van der Waals surface area contributed by atoms with Crippen molar-refractivity contribution in [2.75, 3.05) is 12.4 Å². The standard InChI is InChI=1S/C19H32N4O2S/c1-4-7-17-20-21-19(22(17)12-16-10-6-11-25-16)26-13-18(24)23-14(2)8-5-9-15(23)3/h14-16H,4-13H2,1-3H3/t14-,15-,16-/m1/s1. The number of ether oxygens (including phenoxy) is 1. The lowest BCUT2D eigenvalue weighted by Gasteiger charge is -2.39. The van der Waals surface area contributed by atoms with Crippen molar-refractivity contribution in [1.82, 2.24) is 19.7 Å². The Bertz CT molecular complexity index is 590. The Balaban J connectivity index is 1.65. The van der Waals surface area contributed by atoms with E-state index in [2.05, 4.69) is 40.4 Å². The lowest BCUT2D eigenvalue weighted by molar-refractivity contribution is -0.134. The highest BCUT2D eigenvalue weighted by Crippen LogP contribution is 2.26. The topological polar surface area (TPSA) is 60.2 Å². The van der Waals surface area contributed by atoms with Gasteiger partial charge in [0.25, 0.3) is 0 Å². The highest BCUT2D eigenvalue weighted by atomic mass is 32.2. The second kappa shape index (κ2) is 9.22. The third kappa shape index (κ3) is 4.60. The van der Waals surface area contributed by atoms with Gasteiger partial charge >= 0.3 is 0 Å². The quantitative estimate of drug-likeness (QED) is 0.679. The fraction of sp³-hybridized carbons (Fsp3) is 0.842. The minimum Gasteiger partial charge on any atom is -0.376 e. The van der Waals surface area contributed by atoms with E-state index < -0.39 is 0 Å². The Morgan fingerprint density at radius 2 is 1.96 bits per heavy atom. The van der Waals surface area contributed by atoms with Gasteiger partial charge in [-0.05, 0) is 52.4 Å². The van der Waals surface area contributed by atoms with Crippen molar-refractivity contribution < 1.29 is 9.53 Å². The highest BCUT2D eigenvalue weighted by molar-refractivity contribution is 7.99. The summed E-state index contributed by atoms with van der Waals surface area (Å²) < 4.78 is 7.98. The number of hydrogen-bond acceptors (Lipinski definition) is 5. The van der Waals surface area contributed by atoms with Crippen molar-refractivity contribution in [2.45, 2.75) is 95.6 Å². The van der Waals surface area contributed by atoms with Gasteiger partial charge < -0.3 is 14.2 Å². The van der Waals surface area contributed by atoms with Crippen LogP contribution in [0.4, 0.5) is 0 Å². The van der Waals surface area contributed by atoms with Gasteiger partial charge in [0, 0.05) is 25.1 Å². The van der Waals surface area contributed by atoms with Crippen molar-refractivity contribution in [3.8, 4) is 0 Å². The van der Waals surface area contributed by atoms with Crippen LogP contribution in [-0.2, 0) is 22.5 Å². The van der Waals surface area contributed by atoms with Gasteiger partial charge in [-0.15, -0.1) is 10.2 Å². The molecule has 0 saturated carbocycles. The molecule has 2 fully saturated rings. The van der Waals surface area contributed by atoms with E-state index in [0.29, 0.717) is 17.8 Å². The molecule has 3 rings (SSSR count). The first-order valence-corrected chi connectivity index (χ1v) is 11.1. The number of nitrogens with zero attached hydrogens (tertiary/aromatic N) is 4. The lowest BCUT2D eigenvalue weighted by Crippen LogP contribution is -2.48. The van der Waals surface area contributed by atoms with Crippen molar-refractivity contribution in [3.05, 3.63) is 5.82 Å². The van der Waals surface area contributed by atoms with Gasteiger partial charge in [-0.25, -0.2) is 0 Å². The molecule has 1 amide bonds. The predicted molar refractivity (Wildman–Crippen MR) is 103 cm³/mol. The number of hydrogen-bond donors (Lipinski definition) is 0. The Hall–Kier alpha value is -1.08. The van der Waals surface area contributed by atoms with Crippen LogP contribution in [0, 0.1) is 0 Å². The summed E-state index contributed by atoms with van der Waals surface area (Å²) in [6.45, 7) is 8.13. The second-order valence-corrected chi connectivity index (χ2v) is 8.56. The number of carbonyl (C=O) groups excluding carboxylic acids is 1. The zero-order valence-electron chi connectivity index (χ0n) is 16.3. The molecule has 2 aliphatic heterocycles. The zero-order chi connectivity index (χ0) is 18.5. The summed E-state index contributed by atoms with van der Waals surface area (Å²) in [5.41, 5.74) is 0. The van der Waals surface area contributed by atoms with Crippen LogP contribution in [0.15, 0.2) is 5.16 Å². The third-order valence-corrected chi connectivity index (χ3v) is 6.44. The highest BCUT2D eigenvalue weighted by Gasteiger charge is 2.29. The summed E-state index contributed by atoms with van der Waals surface area (Å²) in [4.78, 5) is 14.9.